The second-order valence-corrected chi connectivity index (χ2v) is 4.21. The van der Waals surface area contributed by atoms with Gasteiger partial charge in [-0.15, -0.1) is 0 Å². The number of carboxylic acids is 1. The van der Waals surface area contributed by atoms with Gasteiger partial charge in [-0.3, -0.25) is 4.79 Å². The molecule has 1 aromatic rings. The number of hydrogen-bond acceptors (Lipinski definition) is 3. The summed E-state index contributed by atoms with van der Waals surface area (Å²) in [5.74, 6) is -1.59. The van der Waals surface area contributed by atoms with Crippen molar-refractivity contribution >= 4 is 35.1 Å². The lowest BCUT2D eigenvalue weighted by Gasteiger charge is -2.06. The van der Waals surface area contributed by atoms with Crippen LogP contribution in [0.5, 0.6) is 0 Å². The Morgan fingerprint density at radius 2 is 1.88 bits per heavy atom. The largest absolute Gasteiger partial charge is 0.550 e. The van der Waals surface area contributed by atoms with Crippen molar-refractivity contribution in [1.29, 1.82) is 0 Å². The molecule has 1 N–H and O–H groups in total. The highest BCUT2D eigenvalue weighted by Gasteiger charge is 2.03. The van der Waals surface area contributed by atoms with Gasteiger partial charge in [0.1, 0.15) is 0 Å². The smallest absolute Gasteiger partial charge is 0.220 e. The number of hydrogen-bond donors (Lipinski definition) is 1. The minimum atomic E-state index is -1.24. The zero-order valence-electron chi connectivity index (χ0n) is 8.83. The fourth-order valence-corrected chi connectivity index (χ4v) is 1.47. The number of carbonyl (C=O) groups is 2. The van der Waals surface area contributed by atoms with Crippen molar-refractivity contribution in [2.75, 3.05) is 0 Å². The van der Waals surface area contributed by atoms with Crippen LogP contribution in [-0.2, 0) is 16.1 Å². The summed E-state index contributed by atoms with van der Waals surface area (Å²) < 4.78 is 0. The van der Waals surface area contributed by atoms with Crippen LogP contribution in [0.4, 0.5) is 0 Å². The topological polar surface area (TPSA) is 69.2 Å². The molecule has 1 amide bonds. The third-order valence-electron chi connectivity index (χ3n) is 2.03. The quantitative estimate of drug-likeness (QED) is 0.876. The van der Waals surface area contributed by atoms with Crippen LogP contribution in [0.15, 0.2) is 18.2 Å². The summed E-state index contributed by atoms with van der Waals surface area (Å²) in [5, 5.41) is 13.6. The number of halogens is 2. The highest BCUT2D eigenvalue weighted by atomic mass is 35.5. The zero-order chi connectivity index (χ0) is 12.8. The Morgan fingerprint density at radius 3 is 2.47 bits per heavy atom. The van der Waals surface area contributed by atoms with Gasteiger partial charge in [-0.1, -0.05) is 29.3 Å². The first-order chi connectivity index (χ1) is 7.99. The molecule has 0 fully saturated rings. The number of nitrogens with one attached hydrogen (secondary N) is 1. The van der Waals surface area contributed by atoms with Crippen molar-refractivity contribution in [3.8, 4) is 0 Å². The molecule has 0 unspecified atom stereocenters. The van der Waals surface area contributed by atoms with Gasteiger partial charge in [0.15, 0.2) is 0 Å². The second kappa shape index (κ2) is 6.47. The van der Waals surface area contributed by atoms with Gasteiger partial charge in [-0.2, -0.15) is 0 Å². The zero-order valence-corrected chi connectivity index (χ0v) is 10.3. The SMILES string of the molecule is O=C([O-])CCC(=O)NCc1ccc(Cl)c(Cl)c1. The van der Waals surface area contributed by atoms with Gasteiger partial charge in [0.25, 0.3) is 0 Å². The molecule has 0 aliphatic carbocycles. The van der Waals surface area contributed by atoms with E-state index in [0.717, 1.165) is 5.56 Å². The van der Waals surface area contributed by atoms with E-state index in [1.165, 1.54) is 0 Å². The van der Waals surface area contributed by atoms with E-state index < -0.39 is 5.97 Å². The first-order valence-electron chi connectivity index (χ1n) is 4.89. The Bertz CT molecular complexity index is 435. The number of benzene rings is 1. The minimum Gasteiger partial charge on any atom is -0.550 e. The van der Waals surface area contributed by atoms with Gasteiger partial charge in [-0.25, -0.2) is 0 Å². The van der Waals surface area contributed by atoms with Crippen LogP contribution in [0.2, 0.25) is 10.0 Å². The fourth-order valence-electron chi connectivity index (χ4n) is 1.15. The summed E-state index contributed by atoms with van der Waals surface area (Å²) >= 11 is 11.5. The summed E-state index contributed by atoms with van der Waals surface area (Å²) in [6.45, 7) is 0.281. The van der Waals surface area contributed by atoms with Crippen LogP contribution < -0.4 is 10.4 Å². The monoisotopic (exact) mass is 274 g/mol. The summed E-state index contributed by atoms with van der Waals surface area (Å²) in [6, 6.07) is 5.00. The van der Waals surface area contributed by atoms with Gasteiger partial charge in [0, 0.05) is 18.9 Å². The number of rotatable bonds is 5. The molecular formula is C11H10Cl2NO3-. The average molecular weight is 275 g/mol. The maximum atomic E-state index is 11.2. The lowest BCUT2D eigenvalue weighted by molar-refractivity contribution is -0.305. The highest BCUT2D eigenvalue weighted by Crippen LogP contribution is 2.22. The summed E-state index contributed by atoms with van der Waals surface area (Å²) in [4.78, 5) is 21.3. The van der Waals surface area contributed by atoms with Crippen molar-refractivity contribution in [2.45, 2.75) is 19.4 Å². The Hall–Kier alpha value is -1.26. The van der Waals surface area contributed by atoms with Crippen LogP contribution in [0, 0.1) is 0 Å². The van der Waals surface area contributed by atoms with E-state index >= 15 is 0 Å². The molecule has 0 aromatic heterocycles. The predicted octanol–water partition coefficient (Wildman–Crippen LogP) is 1.14. The van der Waals surface area contributed by atoms with E-state index in [-0.39, 0.29) is 25.3 Å². The Kier molecular flexibility index (Phi) is 5.25. The molecule has 4 nitrogen and oxygen atoms in total. The molecule has 92 valence electrons. The predicted molar refractivity (Wildman–Crippen MR) is 62.5 cm³/mol. The Morgan fingerprint density at radius 1 is 1.18 bits per heavy atom. The average Bonchev–Trinajstić information content (AvgIpc) is 2.28. The van der Waals surface area contributed by atoms with E-state index in [9.17, 15) is 14.7 Å². The Labute approximate surface area is 109 Å². The summed E-state index contributed by atoms with van der Waals surface area (Å²) in [5.41, 5.74) is 0.793. The van der Waals surface area contributed by atoms with Gasteiger partial charge in [0.2, 0.25) is 5.91 Å². The first kappa shape index (κ1) is 13.8. The molecule has 0 heterocycles. The fraction of sp³-hybridized carbons (Fsp3) is 0.273. The maximum Gasteiger partial charge on any atom is 0.220 e. The lowest BCUT2D eigenvalue weighted by atomic mass is 10.2. The lowest BCUT2D eigenvalue weighted by Crippen LogP contribution is -2.27. The summed E-state index contributed by atoms with van der Waals surface area (Å²) in [7, 11) is 0. The highest BCUT2D eigenvalue weighted by molar-refractivity contribution is 6.42. The summed E-state index contributed by atoms with van der Waals surface area (Å²) in [6.07, 6.45) is -0.378. The molecule has 0 radical (unpaired) electrons. The van der Waals surface area contributed by atoms with Gasteiger partial charge >= 0.3 is 0 Å². The van der Waals surface area contributed by atoms with Crippen molar-refractivity contribution in [2.24, 2.45) is 0 Å². The van der Waals surface area contributed by atoms with E-state index in [1.807, 2.05) is 0 Å². The molecule has 0 bridgehead atoms. The van der Waals surface area contributed by atoms with Crippen molar-refractivity contribution in [1.82, 2.24) is 5.32 Å². The van der Waals surface area contributed by atoms with E-state index in [2.05, 4.69) is 5.32 Å². The first-order valence-corrected chi connectivity index (χ1v) is 5.65. The Balaban J connectivity index is 2.42. The van der Waals surface area contributed by atoms with Crippen molar-refractivity contribution < 1.29 is 14.7 Å². The second-order valence-electron chi connectivity index (χ2n) is 3.40. The van der Waals surface area contributed by atoms with Crippen LogP contribution in [0.3, 0.4) is 0 Å². The van der Waals surface area contributed by atoms with Gasteiger partial charge in [-0.05, 0) is 24.1 Å². The van der Waals surface area contributed by atoms with E-state index in [0.29, 0.717) is 10.0 Å². The molecule has 1 aromatic carbocycles. The number of carbonyl (C=O) groups excluding carboxylic acids is 2. The van der Waals surface area contributed by atoms with Crippen molar-refractivity contribution in [3.05, 3.63) is 33.8 Å². The number of amides is 1. The van der Waals surface area contributed by atoms with E-state index in [1.54, 1.807) is 18.2 Å². The van der Waals surface area contributed by atoms with E-state index in [4.69, 9.17) is 23.2 Å². The molecule has 6 heteroatoms. The minimum absolute atomic E-state index is 0.0936. The number of carboxylic acid groups (broad SMARTS) is 1. The standard InChI is InChI=1S/C11H11Cl2NO3/c12-8-2-1-7(5-9(8)13)6-14-10(15)3-4-11(16)17/h1-2,5H,3-4,6H2,(H,14,15)(H,16,17)/p-1. The normalized spacial score (nSPS) is 10.0. The molecule has 0 atom stereocenters. The van der Waals surface area contributed by atoms with Crippen molar-refractivity contribution in [3.63, 3.8) is 0 Å². The molecule has 0 aliphatic rings. The number of aliphatic carboxylic acids is 1. The molecule has 0 saturated heterocycles. The molecule has 0 spiro atoms. The molecule has 1 rings (SSSR count). The molecule has 0 saturated carbocycles. The van der Waals surface area contributed by atoms with Crippen LogP contribution in [0.1, 0.15) is 18.4 Å². The third kappa shape index (κ3) is 5.06. The maximum absolute atomic E-state index is 11.2. The van der Waals surface area contributed by atoms with Crippen LogP contribution in [-0.4, -0.2) is 11.9 Å². The van der Waals surface area contributed by atoms with Gasteiger partial charge < -0.3 is 15.2 Å². The molecule has 17 heavy (non-hydrogen) atoms. The molecule has 0 aliphatic heterocycles. The third-order valence-corrected chi connectivity index (χ3v) is 2.77. The van der Waals surface area contributed by atoms with Crippen LogP contribution >= 0.6 is 23.2 Å². The van der Waals surface area contributed by atoms with Crippen LogP contribution in [0.25, 0.3) is 0 Å². The van der Waals surface area contributed by atoms with Gasteiger partial charge in [0.05, 0.1) is 10.0 Å². The molecular weight excluding hydrogens is 265 g/mol.